The van der Waals surface area contributed by atoms with Gasteiger partial charge in [0.25, 0.3) is 0 Å². The molecule has 1 fully saturated rings. The average molecular weight is 352 g/mol. The number of para-hydroxylation sites is 1. The number of hydrogen-bond acceptors (Lipinski definition) is 4. The van der Waals surface area contributed by atoms with Crippen molar-refractivity contribution in [2.45, 2.75) is 38.2 Å². The lowest BCUT2D eigenvalue weighted by atomic mass is 9.86. The van der Waals surface area contributed by atoms with Crippen molar-refractivity contribution < 1.29 is 9.84 Å². The summed E-state index contributed by atoms with van der Waals surface area (Å²) in [5.74, 6) is 1.66. The van der Waals surface area contributed by atoms with E-state index in [1.807, 2.05) is 31.3 Å². The summed E-state index contributed by atoms with van der Waals surface area (Å²) in [4.78, 5) is 6.97. The van der Waals surface area contributed by atoms with Crippen LogP contribution in [0, 0.1) is 12.8 Å². The van der Waals surface area contributed by atoms with Gasteiger partial charge in [0.15, 0.2) is 0 Å². The molecule has 0 saturated carbocycles. The zero-order valence-corrected chi connectivity index (χ0v) is 15.5. The normalized spacial score (nSPS) is 22.9. The molecule has 0 spiro atoms. The van der Waals surface area contributed by atoms with E-state index in [1.165, 1.54) is 5.56 Å². The molecule has 2 aliphatic heterocycles. The molecule has 1 aromatic heterocycles. The molecule has 0 aliphatic carbocycles. The lowest BCUT2D eigenvalue weighted by molar-refractivity contribution is -0.0324. The first-order chi connectivity index (χ1) is 12.6. The fraction of sp³-hybridized carbons (Fsp3) is 0.500. The van der Waals surface area contributed by atoms with E-state index in [1.54, 1.807) is 0 Å². The van der Waals surface area contributed by atoms with Crippen molar-refractivity contribution in [2.24, 2.45) is 5.92 Å². The molecule has 4 rings (SSSR count). The van der Waals surface area contributed by atoms with Crippen LogP contribution in [-0.4, -0.2) is 41.2 Å². The van der Waals surface area contributed by atoms with E-state index in [9.17, 15) is 5.11 Å². The molecule has 3 heterocycles. The Kier molecular flexibility index (Phi) is 4.96. The Morgan fingerprint density at radius 2 is 2.00 bits per heavy atom. The van der Waals surface area contributed by atoms with Crippen LogP contribution in [0.5, 0.6) is 5.75 Å². The summed E-state index contributed by atoms with van der Waals surface area (Å²) in [5, 5.41) is 11.0. The predicted molar refractivity (Wildman–Crippen MR) is 102 cm³/mol. The van der Waals surface area contributed by atoms with E-state index in [0.29, 0.717) is 5.92 Å². The molecule has 0 amide bonds. The third kappa shape index (κ3) is 3.76. The maximum atomic E-state index is 11.0. The van der Waals surface area contributed by atoms with E-state index in [2.05, 4.69) is 28.1 Å². The third-order valence-electron chi connectivity index (χ3n) is 5.85. The summed E-state index contributed by atoms with van der Waals surface area (Å²) in [7, 11) is 0. The fourth-order valence-corrected chi connectivity index (χ4v) is 4.19. The molecule has 0 radical (unpaired) electrons. The number of hydrogen-bond donors (Lipinski definition) is 1. The van der Waals surface area contributed by atoms with E-state index in [0.717, 1.165) is 68.9 Å². The average Bonchev–Trinajstić information content (AvgIpc) is 2.86. The van der Waals surface area contributed by atoms with Crippen LogP contribution < -0.4 is 4.74 Å². The van der Waals surface area contributed by atoms with Crippen molar-refractivity contribution >= 4 is 0 Å². The molecule has 1 atom stereocenters. The molecular weight excluding hydrogens is 324 g/mol. The van der Waals surface area contributed by atoms with Gasteiger partial charge < -0.3 is 14.7 Å². The van der Waals surface area contributed by atoms with E-state index in [4.69, 9.17) is 4.74 Å². The first-order valence-corrected chi connectivity index (χ1v) is 9.71. The van der Waals surface area contributed by atoms with Crippen LogP contribution in [0.15, 0.2) is 42.6 Å². The van der Waals surface area contributed by atoms with E-state index >= 15 is 0 Å². The van der Waals surface area contributed by atoms with Crippen LogP contribution in [0.4, 0.5) is 0 Å². The molecule has 2 aliphatic rings. The Morgan fingerprint density at radius 3 is 2.77 bits per heavy atom. The van der Waals surface area contributed by atoms with Gasteiger partial charge in [-0.3, -0.25) is 4.98 Å². The van der Waals surface area contributed by atoms with Crippen molar-refractivity contribution in [3.63, 3.8) is 0 Å². The number of piperidine rings is 1. The Balaban J connectivity index is 1.36. The molecule has 0 unspecified atom stereocenters. The Hall–Kier alpha value is -1.91. The van der Waals surface area contributed by atoms with Crippen LogP contribution >= 0.6 is 0 Å². The van der Waals surface area contributed by atoms with Crippen molar-refractivity contribution in [1.29, 1.82) is 0 Å². The molecule has 1 saturated heterocycles. The summed E-state index contributed by atoms with van der Waals surface area (Å²) in [6.07, 6.45) is 5.53. The molecule has 1 N–H and O–H groups in total. The number of pyridine rings is 1. The second kappa shape index (κ2) is 7.37. The maximum absolute atomic E-state index is 11.0. The molecule has 1 aromatic carbocycles. The van der Waals surface area contributed by atoms with Crippen molar-refractivity contribution in [3.05, 3.63) is 59.4 Å². The van der Waals surface area contributed by atoms with E-state index < -0.39 is 5.60 Å². The summed E-state index contributed by atoms with van der Waals surface area (Å²) in [5.41, 5.74) is 2.50. The van der Waals surface area contributed by atoms with Gasteiger partial charge in [-0.15, -0.1) is 0 Å². The number of nitrogens with zero attached hydrogens (tertiary/aromatic N) is 2. The SMILES string of the molecule is Cc1ccc(C2(O)CCN(C[C@H]3CCOc4ccccc4C3)CC2)nc1. The van der Waals surface area contributed by atoms with Crippen LogP contribution in [0.3, 0.4) is 0 Å². The second-order valence-electron chi connectivity index (χ2n) is 7.87. The Labute approximate surface area is 155 Å². The quantitative estimate of drug-likeness (QED) is 0.920. The first kappa shape index (κ1) is 17.5. The fourth-order valence-electron chi connectivity index (χ4n) is 4.19. The Morgan fingerprint density at radius 1 is 1.19 bits per heavy atom. The van der Waals surface area contributed by atoms with Gasteiger partial charge in [-0.25, -0.2) is 0 Å². The van der Waals surface area contributed by atoms with Gasteiger partial charge in [-0.05, 0) is 61.8 Å². The third-order valence-corrected chi connectivity index (χ3v) is 5.85. The Bertz CT molecular complexity index is 736. The van der Waals surface area contributed by atoms with Crippen LogP contribution in [0.1, 0.15) is 36.1 Å². The highest BCUT2D eigenvalue weighted by molar-refractivity contribution is 5.34. The van der Waals surface area contributed by atoms with Crippen molar-refractivity contribution in [1.82, 2.24) is 9.88 Å². The maximum Gasteiger partial charge on any atom is 0.122 e. The zero-order valence-electron chi connectivity index (χ0n) is 15.5. The summed E-state index contributed by atoms with van der Waals surface area (Å²) >= 11 is 0. The molecule has 4 heteroatoms. The van der Waals surface area contributed by atoms with Crippen LogP contribution in [-0.2, 0) is 12.0 Å². The highest BCUT2D eigenvalue weighted by atomic mass is 16.5. The minimum absolute atomic E-state index is 0.613. The van der Waals surface area contributed by atoms with Gasteiger partial charge in [0, 0.05) is 25.8 Å². The molecular formula is C22H28N2O2. The minimum Gasteiger partial charge on any atom is -0.493 e. The number of aryl methyl sites for hydroxylation is 1. The van der Waals surface area contributed by atoms with Gasteiger partial charge in [0.2, 0.25) is 0 Å². The van der Waals surface area contributed by atoms with Gasteiger partial charge in [0.1, 0.15) is 11.4 Å². The number of likely N-dealkylation sites (tertiary alicyclic amines) is 1. The standard InChI is InChI=1S/C22H28N2O2/c1-17-6-7-21(23-15-17)22(25)9-11-24(12-10-22)16-18-8-13-26-20-5-3-2-4-19(20)14-18/h2-7,15,18,25H,8-14,16H2,1H3/t18-/m0/s1. The lowest BCUT2D eigenvalue weighted by Gasteiger charge is -2.39. The molecule has 0 bridgehead atoms. The molecule has 26 heavy (non-hydrogen) atoms. The smallest absolute Gasteiger partial charge is 0.122 e. The van der Waals surface area contributed by atoms with Gasteiger partial charge in [-0.1, -0.05) is 24.3 Å². The number of ether oxygens (including phenoxy) is 1. The highest BCUT2D eigenvalue weighted by Gasteiger charge is 2.35. The summed E-state index contributed by atoms with van der Waals surface area (Å²) < 4.78 is 5.90. The number of fused-ring (bicyclic) bond motifs is 1. The lowest BCUT2D eigenvalue weighted by Crippen LogP contribution is -2.44. The van der Waals surface area contributed by atoms with E-state index in [-0.39, 0.29) is 0 Å². The second-order valence-corrected chi connectivity index (χ2v) is 7.87. The van der Waals surface area contributed by atoms with Crippen LogP contribution in [0.25, 0.3) is 0 Å². The number of rotatable bonds is 3. The van der Waals surface area contributed by atoms with Crippen molar-refractivity contribution in [3.8, 4) is 5.75 Å². The number of aliphatic hydroxyl groups is 1. The topological polar surface area (TPSA) is 45.6 Å². The van der Waals surface area contributed by atoms with Crippen LogP contribution in [0.2, 0.25) is 0 Å². The number of benzene rings is 1. The van der Waals surface area contributed by atoms with Gasteiger partial charge in [0.05, 0.1) is 12.3 Å². The van der Waals surface area contributed by atoms with Gasteiger partial charge in [-0.2, -0.15) is 0 Å². The number of aromatic nitrogens is 1. The largest absolute Gasteiger partial charge is 0.493 e. The van der Waals surface area contributed by atoms with Crippen molar-refractivity contribution in [2.75, 3.05) is 26.2 Å². The molecule has 138 valence electrons. The zero-order chi connectivity index (χ0) is 18.0. The monoisotopic (exact) mass is 352 g/mol. The van der Waals surface area contributed by atoms with Gasteiger partial charge >= 0.3 is 0 Å². The molecule has 2 aromatic rings. The summed E-state index contributed by atoms with van der Waals surface area (Å²) in [6, 6.07) is 12.4. The molecule has 4 nitrogen and oxygen atoms in total. The summed E-state index contributed by atoms with van der Waals surface area (Å²) in [6.45, 7) is 5.75. The predicted octanol–water partition coefficient (Wildman–Crippen LogP) is 3.31. The highest BCUT2D eigenvalue weighted by Crippen LogP contribution is 2.33. The minimum atomic E-state index is -0.774. The first-order valence-electron chi connectivity index (χ1n) is 9.71.